The molecule has 0 unspecified atom stereocenters. The van der Waals surface area contributed by atoms with Crippen molar-refractivity contribution in [3.05, 3.63) is 64.4 Å². The largest absolute Gasteiger partial charge is 0.490 e. The lowest BCUT2D eigenvalue weighted by atomic mass is 9.91. The molecule has 0 spiro atoms. The van der Waals surface area contributed by atoms with Gasteiger partial charge in [-0.2, -0.15) is 5.26 Å². The fourth-order valence-electron chi connectivity index (χ4n) is 3.67. The van der Waals surface area contributed by atoms with Crippen LogP contribution < -0.4 is 15.4 Å². The molecule has 3 aliphatic rings. The highest BCUT2D eigenvalue weighted by Gasteiger charge is 2.20. The van der Waals surface area contributed by atoms with Crippen molar-refractivity contribution in [3.8, 4) is 11.8 Å². The van der Waals surface area contributed by atoms with Crippen LogP contribution in [-0.4, -0.2) is 19.2 Å². The van der Waals surface area contributed by atoms with E-state index in [1.807, 2.05) is 33.0 Å². The summed E-state index contributed by atoms with van der Waals surface area (Å²) in [5, 5.41) is 15.9. The van der Waals surface area contributed by atoms with Gasteiger partial charge in [-0.1, -0.05) is 31.6 Å². The molecule has 0 amide bonds. The number of fused-ring (bicyclic) bond motifs is 1. The van der Waals surface area contributed by atoms with Gasteiger partial charge in [-0.05, 0) is 107 Å². The van der Waals surface area contributed by atoms with Crippen molar-refractivity contribution in [3.63, 3.8) is 0 Å². The molecule has 0 bridgehead atoms. The van der Waals surface area contributed by atoms with Crippen molar-refractivity contribution < 1.29 is 4.74 Å². The Morgan fingerprint density at radius 1 is 1.19 bits per heavy atom. The van der Waals surface area contributed by atoms with Crippen molar-refractivity contribution in [2.75, 3.05) is 13.1 Å². The molecule has 2 heterocycles. The maximum atomic E-state index is 9.22. The summed E-state index contributed by atoms with van der Waals surface area (Å²) in [6, 6.07) is 6.67. The minimum Gasteiger partial charge on any atom is -0.490 e. The van der Waals surface area contributed by atoms with Gasteiger partial charge in [-0.15, -0.1) is 0 Å². The monoisotopic (exact) mass is 433 g/mol. The van der Waals surface area contributed by atoms with Crippen LogP contribution >= 0.6 is 0 Å². The van der Waals surface area contributed by atoms with Gasteiger partial charge in [-0.25, -0.2) is 0 Å². The number of benzene rings is 1. The first-order valence-electron chi connectivity index (χ1n) is 12.0. The Morgan fingerprint density at radius 2 is 1.91 bits per heavy atom. The Bertz CT molecular complexity index is 905. The van der Waals surface area contributed by atoms with E-state index in [-0.39, 0.29) is 6.10 Å². The highest BCUT2D eigenvalue weighted by atomic mass is 16.5. The quantitative estimate of drug-likeness (QED) is 0.533. The summed E-state index contributed by atoms with van der Waals surface area (Å²) < 4.78 is 6.41. The molecule has 1 aromatic rings. The highest BCUT2D eigenvalue weighted by Crippen LogP contribution is 2.34. The molecule has 4 nitrogen and oxygen atoms in total. The fourth-order valence-corrected chi connectivity index (χ4v) is 3.67. The van der Waals surface area contributed by atoms with E-state index in [0.29, 0.717) is 0 Å². The molecule has 1 aromatic carbocycles. The zero-order valence-corrected chi connectivity index (χ0v) is 20.4. The second kappa shape index (κ2) is 13.6. The number of rotatable bonds is 3. The lowest BCUT2D eigenvalue weighted by Crippen LogP contribution is -2.34. The third kappa shape index (κ3) is 7.43. The van der Waals surface area contributed by atoms with Gasteiger partial charge in [0.05, 0.1) is 6.07 Å². The molecule has 172 valence electrons. The Kier molecular flexibility index (Phi) is 10.8. The van der Waals surface area contributed by atoms with Gasteiger partial charge in [-0.3, -0.25) is 0 Å². The van der Waals surface area contributed by atoms with E-state index >= 15 is 0 Å². The summed E-state index contributed by atoms with van der Waals surface area (Å²) >= 11 is 0. The molecule has 0 aromatic heterocycles. The van der Waals surface area contributed by atoms with Gasteiger partial charge in [0.25, 0.3) is 0 Å². The molecule has 4 rings (SSSR count). The first kappa shape index (κ1) is 25.5. The van der Waals surface area contributed by atoms with Crippen LogP contribution in [0.15, 0.2) is 47.7 Å². The SMILES string of the molecule is CC.CC=C(C)C.N#CC1=CC(c2cc3c(c(OC4CCNCC4)c2)CNC=C3)=CCC1. The van der Waals surface area contributed by atoms with Gasteiger partial charge in [0.15, 0.2) is 0 Å². The number of piperidine rings is 1. The van der Waals surface area contributed by atoms with E-state index in [4.69, 9.17) is 4.74 Å². The maximum Gasteiger partial charge on any atom is 0.125 e. The lowest BCUT2D eigenvalue weighted by molar-refractivity contribution is 0.160. The van der Waals surface area contributed by atoms with Crippen molar-refractivity contribution >= 4 is 11.6 Å². The summed E-state index contributed by atoms with van der Waals surface area (Å²) in [5.41, 5.74) is 6.94. The Labute approximate surface area is 194 Å². The van der Waals surface area contributed by atoms with Crippen LogP contribution in [0.1, 0.15) is 77.0 Å². The van der Waals surface area contributed by atoms with E-state index < -0.39 is 0 Å². The first-order valence-corrected chi connectivity index (χ1v) is 12.0. The average Bonchev–Trinajstić information content (AvgIpc) is 2.86. The second-order valence-electron chi connectivity index (χ2n) is 8.17. The molecule has 0 atom stereocenters. The molecule has 2 aliphatic heterocycles. The number of allylic oxidation sites excluding steroid dienone is 6. The maximum absolute atomic E-state index is 9.22. The van der Waals surface area contributed by atoms with E-state index in [1.165, 1.54) is 16.7 Å². The topological polar surface area (TPSA) is 57.1 Å². The molecule has 1 fully saturated rings. The smallest absolute Gasteiger partial charge is 0.125 e. The zero-order valence-electron chi connectivity index (χ0n) is 20.4. The normalized spacial score (nSPS) is 16.9. The second-order valence-corrected chi connectivity index (χ2v) is 8.17. The van der Waals surface area contributed by atoms with Crippen LogP contribution in [0.4, 0.5) is 0 Å². The van der Waals surface area contributed by atoms with Crippen LogP contribution in [0.3, 0.4) is 0 Å². The Morgan fingerprint density at radius 3 is 2.56 bits per heavy atom. The van der Waals surface area contributed by atoms with Crippen molar-refractivity contribution in [1.29, 1.82) is 5.26 Å². The number of hydrogen-bond donors (Lipinski definition) is 2. The first-order chi connectivity index (χ1) is 15.6. The van der Waals surface area contributed by atoms with Gasteiger partial charge in [0, 0.05) is 17.7 Å². The Hall–Kier alpha value is -2.77. The summed E-state index contributed by atoms with van der Waals surface area (Å²) in [7, 11) is 0. The van der Waals surface area contributed by atoms with Crippen LogP contribution in [0.2, 0.25) is 0 Å². The zero-order chi connectivity index (χ0) is 23.3. The third-order valence-corrected chi connectivity index (χ3v) is 5.64. The fraction of sp³-hybridized carbons (Fsp3) is 0.464. The van der Waals surface area contributed by atoms with Gasteiger partial charge >= 0.3 is 0 Å². The van der Waals surface area contributed by atoms with Crippen molar-refractivity contribution in [2.24, 2.45) is 0 Å². The standard InChI is InChI=1S/C21H23N3O.C5H10.C2H6/c22-13-15-2-1-3-16(10-15)18-11-17-4-7-24-14-20(17)21(12-18)25-19-5-8-23-9-6-19;1-4-5(2)3;1-2/h3-4,7,10-12,19,23-24H,1-2,5-6,8-9,14H2;4H,1-3H3;1-2H3. The van der Waals surface area contributed by atoms with E-state index in [9.17, 15) is 5.26 Å². The third-order valence-electron chi connectivity index (χ3n) is 5.64. The minimum atomic E-state index is 0.275. The van der Waals surface area contributed by atoms with Crippen molar-refractivity contribution in [2.45, 2.75) is 73.0 Å². The minimum absolute atomic E-state index is 0.275. The molecule has 32 heavy (non-hydrogen) atoms. The molecular weight excluding hydrogens is 394 g/mol. The predicted octanol–water partition coefficient (Wildman–Crippen LogP) is 6.52. The Balaban J connectivity index is 0.000000460. The number of nitrogens with zero attached hydrogens (tertiary/aromatic N) is 1. The van der Waals surface area contributed by atoms with Crippen molar-refractivity contribution in [1.82, 2.24) is 10.6 Å². The molecule has 0 radical (unpaired) electrons. The molecular formula is C28H39N3O. The average molecular weight is 434 g/mol. The predicted molar refractivity (Wildman–Crippen MR) is 136 cm³/mol. The molecule has 4 heteroatoms. The van der Waals surface area contributed by atoms with Gasteiger partial charge in [0.2, 0.25) is 0 Å². The number of hydrogen-bond acceptors (Lipinski definition) is 4. The molecule has 2 N–H and O–H groups in total. The molecule has 0 saturated carbocycles. The van der Waals surface area contributed by atoms with E-state index in [0.717, 1.165) is 67.8 Å². The highest BCUT2D eigenvalue weighted by molar-refractivity contribution is 5.80. The summed E-state index contributed by atoms with van der Waals surface area (Å²) in [6.45, 7) is 13.0. The van der Waals surface area contributed by atoms with E-state index in [2.05, 4.69) is 60.9 Å². The summed E-state index contributed by atoms with van der Waals surface area (Å²) in [4.78, 5) is 0. The number of ether oxygens (including phenoxy) is 1. The van der Waals surface area contributed by atoms with Gasteiger partial charge < -0.3 is 15.4 Å². The summed E-state index contributed by atoms with van der Waals surface area (Å²) in [5.74, 6) is 0.981. The summed E-state index contributed by atoms with van der Waals surface area (Å²) in [6.07, 6.45) is 14.6. The number of nitrogens with one attached hydrogen (secondary N) is 2. The van der Waals surface area contributed by atoms with Crippen LogP contribution in [0.25, 0.3) is 11.6 Å². The number of nitriles is 1. The van der Waals surface area contributed by atoms with Gasteiger partial charge in [0.1, 0.15) is 11.9 Å². The molecule has 1 aliphatic carbocycles. The van der Waals surface area contributed by atoms with Crippen LogP contribution in [-0.2, 0) is 6.54 Å². The van der Waals surface area contributed by atoms with E-state index in [1.54, 1.807) is 0 Å². The lowest BCUT2D eigenvalue weighted by Gasteiger charge is -2.27. The van der Waals surface area contributed by atoms with Crippen LogP contribution in [0.5, 0.6) is 5.75 Å². The molecule has 1 saturated heterocycles. The van der Waals surface area contributed by atoms with Crippen LogP contribution in [0, 0.1) is 11.3 Å².